The number of para-hydroxylation sites is 1. The van der Waals surface area contributed by atoms with Crippen molar-refractivity contribution in [2.45, 2.75) is 82.9 Å². The maximum atomic E-state index is 13.1. The number of carbonyl (C=O) groups excluding carboxylic acids is 4. The van der Waals surface area contributed by atoms with Crippen molar-refractivity contribution >= 4 is 35.2 Å². The van der Waals surface area contributed by atoms with Gasteiger partial charge in [0.25, 0.3) is 0 Å². The average Bonchev–Trinajstić information content (AvgIpc) is 3.34. The number of amides is 4. The molecule has 1 aliphatic rings. The maximum absolute atomic E-state index is 13.1. The van der Waals surface area contributed by atoms with E-state index in [-0.39, 0.29) is 30.5 Å². The smallest absolute Gasteiger partial charge is 0.329 e. The Morgan fingerprint density at radius 1 is 0.959 bits per heavy atom. The van der Waals surface area contributed by atoms with Crippen LogP contribution in [0.15, 0.2) is 47.3 Å². The van der Waals surface area contributed by atoms with Gasteiger partial charge in [-0.05, 0) is 74.1 Å². The van der Waals surface area contributed by atoms with E-state index in [4.69, 9.17) is 19.9 Å². The Labute approximate surface area is 286 Å². The Bertz CT molecular complexity index is 1600. The zero-order valence-corrected chi connectivity index (χ0v) is 28.3. The predicted molar refractivity (Wildman–Crippen MR) is 184 cm³/mol. The summed E-state index contributed by atoms with van der Waals surface area (Å²) in [5, 5.41) is 5.01. The van der Waals surface area contributed by atoms with E-state index in [9.17, 15) is 24.0 Å². The minimum absolute atomic E-state index is 0.197. The third kappa shape index (κ3) is 11.4. The molecule has 1 unspecified atom stereocenters. The Balaban J connectivity index is 1.04. The monoisotopic (exact) mass is 679 g/mol. The summed E-state index contributed by atoms with van der Waals surface area (Å²) in [6.07, 6.45) is 7.02. The van der Waals surface area contributed by atoms with Crippen molar-refractivity contribution in [2.24, 2.45) is 12.8 Å². The molecule has 49 heavy (non-hydrogen) atoms. The van der Waals surface area contributed by atoms with Crippen LogP contribution in [0.2, 0.25) is 0 Å². The second kappa shape index (κ2) is 19.6. The van der Waals surface area contributed by atoms with Crippen LogP contribution >= 0.6 is 0 Å². The van der Waals surface area contributed by atoms with Gasteiger partial charge in [-0.25, -0.2) is 4.79 Å². The zero-order valence-electron chi connectivity index (χ0n) is 28.3. The number of aromatic nitrogens is 2. The number of fused-ring (bicyclic) bond motifs is 1. The third-order valence-electron chi connectivity index (χ3n) is 8.68. The van der Waals surface area contributed by atoms with Crippen molar-refractivity contribution in [2.75, 3.05) is 33.0 Å². The molecule has 266 valence electrons. The lowest BCUT2D eigenvalue weighted by molar-refractivity contribution is -0.135. The normalized spacial score (nSPS) is 15.3. The van der Waals surface area contributed by atoms with Crippen molar-refractivity contribution in [3.05, 3.63) is 69.6 Å². The van der Waals surface area contributed by atoms with Gasteiger partial charge in [0.2, 0.25) is 24.1 Å². The van der Waals surface area contributed by atoms with Crippen LogP contribution in [0.1, 0.15) is 74.1 Å². The fraction of sp³-hybridized carbons (Fsp3) is 0.528. The van der Waals surface area contributed by atoms with Crippen LogP contribution in [-0.4, -0.2) is 72.3 Å². The number of benzene rings is 2. The number of aryl methyl sites for hydroxylation is 3. The van der Waals surface area contributed by atoms with E-state index in [1.54, 1.807) is 11.6 Å². The van der Waals surface area contributed by atoms with E-state index < -0.39 is 17.9 Å². The molecule has 0 bridgehead atoms. The molecular weight excluding hydrogens is 630 g/mol. The second-order valence-corrected chi connectivity index (χ2v) is 12.4. The highest BCUT2D eigenvalue weighted by molar-refractivity contribution is 6.00. The predicted octanol–water partition coefficient (Wildman–Crippen LogP) is 2.59. The number of ether oxygens (including phenoxy) is 3. The van der Waals surface area contributed by atoms with Crippen LogP contribution in [0.3, 0.4) is 0 Å². The summed E-state index contributed by atoms with van der Waals surface area (Å²) in [7, 11) is 1.72. The summed E-state index contributed by atoms with van der Waals surface area (Å²) in [5.41, 5.74) is 9.73. The van der Waals surface area contributed by atoms with Crippen LogP contribution in [0, 0.1) is 0 Å². The highest BCUT2D eigenvalue weighted by Crippen LogP contribution is 2.25. The lowest BCUT2D eigenvalue weighted by Crippen LogP contribution is -2.44. The molecule has 2 heterocycles. The van der Waals surface area contributed by atoms with E-state index in [1.165, 1.54) is 10.1 Å². The molecule has 3 aromatic rings. The van der Waals surface area contributed by atoms with Gasteiger partial charge in [-0.3, -0.25) is 33.6 Å². The highest BCUT2D eigenvalue weighted by atomic mass is 16.5. The summed E-state index contributed by atoms with van der Waals surface area (Å²) in [4.78, 5) is 58.9. The molecule has 1 aromatic heterocycles. The third-order valence-corrected chi connectivity index (χ3v) is 8.68. The van der Waals surface area contributed by atoms with E-state index in [0.29, 0.717) is 64.4 Å². The number of nitrogens with two attached hydrogens (primary N) is 1. The first-order chi connectivity index (χ1) is 23.8. The molecule has 1 saturated heterocycles. The molecule has 0 saturated carbocycles. The molecule has 1 aliphatic heterocycles. The molecule has 4 rings (SSSR count). The zero-order chi connectivity index (χ0) is 35.0. The number of hydrogen-bond acceptors (Lipinski definition) is 8. The molecule has 0 aliphatic carbocycles. The number of imidazole rings is 1. The molecule has 2 aromatic carbocycles. The minimum atomic E-state index is -0.691. The molecule has 13 heteroatoms. The van der Waals surface area contributed by atoms with Gasteiger partial charge in [-0.2, -0.15) is 0 Å². The van der Waals surface area contributed by atoms with Gasteiger partial charge in [0.15, 0.2) is 0 Å². The Hall–Kier alpha value is -4.33. The number of hydrogen-bond donors (Lipinski definition) is 3. The average molecular weight is 680 g/mol. The molecule has 0 spiro atoms. The van der Waals surface area contributed by atoms with Crippen LogP contribution in [0.5, 0.6) is 0 Å². The van der Waals surface area contributed by atoms with Crippen molar-refractivity contribution in [3.63, 3.8) is 0 Å². The van der Waals surface area contributed by atoms with E-state index in [2.05, 4.69) is 22.8 Å². The van der Waals surface area contributed by atoms with Crippen molar-refractivity contribution in [3.8, 4) is 0 Å². The number of carbonyl (C=O) groups is 4. The van der Waals surface area contributed by atoms with Crippen LogP contribution in [-0.2, 0) is 59.9 Å². The van der Waals surface area contributed by atoms with Crippen molar-refractivity contribution in [1.82, 2.24) is 19.8 Å². The van der Waals surface area contributed by atoms with Gasteiger partial charge in [0.05, 0.1) is 30.3 Å². The highest BCUT2D eigenvalue weighted by Gasteiger charge is 2.31. The van der Waals surface area contributed by atoms with Gasteiger partial charge >= 0.3 is 5.69 Å². The van der Waals surface area contributed by atoms with Crippen molar-refractivity contribution in [1.29, 1.82) is 0 Å². The standard InChI is InChI=1S/C36H49N5O8/c1-40-34-28(8-4-10-30(34)41(36(40)46)31-16-18-33(44)39-35(31)45)9-6-22-48-20-3-2-19-47-21-5-7-26-11-13-27(14-12-26)23-49-24-29(38-25-42)15-17-32(37)43/h4,8,10-14,25,29,31H,2-3,5-7,9,15-24H2,1H3,(H2,37,43)(H,38,42)(H,39,44,45)/t29-,31?/m0/s1. The van der Waals surface area contributed by atoms with E-state index >= 15 is 0 Å². The summed E-state index contributed by atoms with van der Waals surface area (Å²) >= 11 is 0. The first-order valence-corrected chi connectivity index (χ1v) is 17.1. The Morgan fingerprint density at radius 3 is 2.31 bits per heavy atom. The maximum Gasteiger partial charge on any atom is 0.329 e. The lowest BCUT2D eigenvalue weighted by atomic mass is 10.0. The van der Waals surface area contributed by atoms with E-state index in [0.717, 1.165) is 55.2 Å². The summed E-state index contributed by atoms with van der Waals surface area (Å²) in [5.74, 6) is -1.14. The fourth-order valence-corrected chi connectivity index (χ4v) is 6.06. The molecule has 13 nitrogen and oxygen atoms in total. The SMILES string of the molecule is Cn1c(=O)n(C2CCC(=O)NC2=O)c2cccc(CCCOCCCCOCCCc3ccc(COC[C@H](CCC(N)=O)NC=O)cc3)c21. The number of nitrogens with zero attached hydrogens (tertiary/aromatic N) is 2. The van der Waals surface area contributed by atoms with Gasteiger partial charge in [-0.1, -0.05) is 36.4 Å². The number of nitrogens with one attached hydrogen (secondary N) is 2. The fourth-order valence-electron chi connectivity index (χ4n) is 6.06. The number of primary amides is 1. The van der Waals surface area contributed by atoms with Crippen LogP contribution in [0.4, 0.5) is 0 Å². The first-order valence-electron chi connectivity index (χ1n) is 17.1. The van der Waals surface area contributed by atoms with E-state index in [1.807, 2.05) is 30.3 Å². The Morgan fingerprint density at radius 2 is 1.63 bits per heavy atom. The molecule has 1 fully saturated rings. The second-order valence-electron chi connectivity index (χ2n) is 12.4. The molecule has 4 amide bonds. The number of imide groups is 1. The van der Waals surface area contributed by atoms with Crippen LogP contribution in [0.25, 0.3) is 11.0 Å². The molecule has 2 atom stereocenters. The van der Waals surface area contributed by atoms with Crippen LogP contribution < -0.4 is 22.1 Å². The van der Waals surface area contributed by atoms with Gasteiger partial charge < -0.3 is 25.3 Å². The lowest BCUT2D eigenvalue weighted by Gasteiger charge is -2.21. The summed E-state index contributed by atoms with van der Waals surface area (Å²) in [6.45, 7) is 3.39. The number of piperidine rings is 1. The van der Waals surface area contributed by atoms with Gasteiger partial charge in [-0.15, -0.1) is 0 Å². The number of rotatable bonds is 23. The number of unbranched alkanes of at least 4 members (excludes halogenated alkanes) is 1. The molecule has 0 radical (unpaired) electrons. The van der Waals surface area contributed by atoms with Gasteiger partial charge in [0.1, 0.15) is 6.04 Å². The largest absolute Gasteiger partial charge is 0.381 e. The molecule has 4 N–H and O–H groups in total. The quantitative estimate of drug-likeness (QED) is 0.0780. The topological polar surface area (TPSA) is 173 Å². The Kier molecular flexibility index (Phi) is 15.0. The summed E-state index contributed by atoms with van der Waals surface area (Å²) < 4.78 is 20.5. The molecular formula is C36H49N5O8. The summed E-state index contributed by atoms with van der Waals surface area (Å²) in [6, 6.07) is 13.1. The first kappa shape index (κ1) is 37.5. The minimum Gasteiger partial charge on any atom is -0.381 e. The van der Waals surface area contributed by atoms with Crippen molar-refractivity contribution < 1.29 is 33.4 Å². The van der Waals surface area contributed by atoms with Gasteiger partial charge in [0, 0.05) is 46.3 Å².